The Morgan fingerprint density at radius 3 is 2.53 bits per heavy atom. The second-order valence-electron chi connectivity index (χ2n) is 2.80. The first-order valence-electron chi connectivity index (χ1n) is 3.96. The zero-order chi connectivity index (χ0) is 12.1. The molecule has 3 N–H and O–H groups in total. The summed E-state index contributed by atoms with van der Waals surface area (Å²) in [6.07, 6.45) is 0.612. The largest absolute Gasteiger partial charge is 0.527 e. The standard InChI is InChI=1S/C7H12ClO6P/c1-5(2-3-6(9)4-8)7(10)14-15(11,12)13/h2,6,9H,3-4H2,1H3,(H2,11,12,13). The van der Waals surface area contributed by atoms with Gasteiger partial charge >= 0.3 is 13.8 Å². The van der Waals surface area contributed by atoms with E-state index in [0.717, 1.165) is 0 Å². The topological polar surface area (TPSA) is 104 Å². The lowest BCUT2D eigenvalue weighted by atomic mass is 10.2. The number of aliphatic hydroxyl groups excluding tert-OH is 1. The van der Waals surface area contributed by atoms with Crippen LogP contribution in [0.3, 0.4) is 0 Å². The van der Waals surface area contributed by atoms with Crippen LogP contribution in [0, 0.1) is 0 Å². The lowest BCUT2D eigenvalue weighted by molar-refractivity contribution is -0.131. The van der Waals surface area contributed by atoms with Gasteiger partial charge in [0.2, 0.25) is 0 Å². The van der Waals surface area contributed by atoms with E-state index in [1.165, 1.54) is 13.0 Å². The minimum atomic E-state index is -4.81. The summed E-state index contributed by atoms with van der Waals surface area (Å²) in [4.78, 5) is 27.6. The van der Waals surface area contributed by atoms with Crippen LogP contribution in [0.15, 0.2) is 11.6 Å². The third kappa shape index (κ3) is 7.53. The molecular weight excluding hydrogens is 246 g/mol. The Kier molecular flexibility index (Phi) is 6.09. The predicted molar refractivity (Wildman–Crippen MR) is 53.2 cm³/mol. The van der Waals surface area contributed by atoms with Gasteiger partial charge in [-0.05, 0) is 13.3 Å². The summed E-state index contributed by atoms with van der Waals surface area (Å²) in [6, 6.07) is 0. The predicted octanol–water partition coefficient (Wildman–Crippen LogP) is 0.558. The van der Waals surface area contributed by atoms with Gasteiger partial charge in [-0.2, -0.15) is 0 Å². The number of aliphatic hydroxyl groups is 1. The molecule has 15 heavy (non-hydrogen) atoms. The molecule has 0 saturated heterocycles. The molecule has 0 amide bonds. The van der Waals surface area contributed by atoms with Crippen LogP contribution in [-0.2, 0) is 13.9 Å². The van der Waals surface area contributed by atoms with Crippen molar-refractivity contribution in [1.82, 2.24) is 0 Å². The fourth-order valence-electron chi connectivity index (χ4n) is 0.639. The molecule has 0 rings (SSSR count). The van der Waals surface area contributed by atoms with Crippen LogP contribution in [0.5, 0.6) is 0 Å². The van der Waals surface area contributed by atoms with E-state index in [0.29, 0.717) is 0 Å². The molecular formula is C7H12ClO6P. The summed E-state index contributed by atoms with van der Waals surface area (Å²) in [5.74, 6) is -1.11. The molecule has 0 aromatic carbocycles. The number of alkyl halides is 1. The van der Waals surface area contributed by atoms with E-state index in [-0.39, 0.29) is 17.9 Å². The van der Waals surface area contributed by atoms with Crippen LogP contribution in [-0.4, -0.2) is 32.8 Å². The van der Waals surface area contributed by atoms with E-state index in [2.05, 4.69) is 4.52 Å². The van der Waals surface area contributed by atoms with E-state index in [1.54, 1.807) is 0 Å². The Morgan fingerprint density at radius 2 is 2.13 bits per heavy atom. The highest BCUT2D eigenvalue weighted by Crippen LogP contribution is 2.36. The molecule has 0 aromatic rings. The summed E-state index contributed by atoms with van der Waals surface area (Å²) in [7, 11) is -4.81. The van der Waals surface area contributed by atoms with E-state index in [9.17, 15) is 9.36 Å². The van der Waals surface area contributed by atoms with Crippen molar-refractivity contribution in [2.45, 2.75) is 19.4 Å². The summed E-state index contributed by atoms with van der Waals surface area (Å²) < 4.78 is 14.1. The molecule has 0 saturated carbocycles. The van der Waals surface area contributed by atoms with E-state index in [4.69, 9.17) is 26.5 Å². The molecule has 0 aliphatic rings. The second kappa shape index (κ2) is 6.25. The lowest BCUT2D eigenvalue weighted by Gasteiger charge is -2.06. The van der Waals surface area contributed by atoms with Gasteiger partial charge in [-0.15, -0.1) is 11.6 Å². The first-order valence-corrected chi connectivity index (χ1v) is 6.03. The Bertz CT molecular complexity index is 296. The SMILES string of the molecule is CC(=CCC(O)CCl)C(=O)OP(=O)(O)O. The molecule has 1 unspecified atom stereocenters. The molecule has 0 spiro atoms. The first kappa shape index (κ1) is 14.6. The number of phosphoric ester groups is 1. The fourth-order valence-corrected chi connectivity index (χ4v) is 1.13. The van der Waals surface area contributed by atoms with Gasteiger partial charge < -0.3 is 9.63 Å². The van der Waals surface area contributed by atoms with Gasteiger partial charge in [-0.3, -0.25) is 9.79 Å². The van der Waals surface area contributed by atoms with E-state index >= 15 is 0 Å². The van der Waals surface area contributed by atoms with Crippen molar-refractivity contribution in [1.29, 1.82) is 0 Å². The zero-order valence-corrected chi connectivity index (χ0v) is 9.61. The molecule has 0 fully saturated rings. The van der Waals surface area contributed by atoms with Crippen LogP contribution in [0.4, 0.5) is 0 Å². The van der Waals surface area contributed by atoms with Crippen LogP contribution in [0.1, 0.15) is 13.3 Å². The minimum Gasteiger partial charge on any atom is -0.392 e. The van der Waals surface area contributed by atoms with Crippen molar-refractivity contribution < 1.29 is 28.8 Å². The quantitative estimate of drug-likeness (QED) is 0.378. The van der Waals surface area contributed by atoms with Crippen LogP contribution in [0.25, 0.3) is 0 Å². The molecule has 0 aliphatic heterocycles. The van der Waals surface area contributed by atoms with Gasteiger partial charge in [-0.1, -0.05) is 6.08 Å². The van der Waals surface area contributed by atoms with Crippen LogP contribution in [0.2, 0.25) is 0 Å². The van der Waals surface area contributed by atoms with Gasteiger partial charge in [0, 0.05) is 11.5 Å². The molecule has 0 aromatic heterocycles. The van der Waals surface area contributed by atoms with Crippen LogP contribution < -0.4 is 0 Å². The molecule has 0 heterocycles. The Labute approximate surface area is 91.7 Å². The van der Waals surface area contributed by atoms with Gasteiger partial charge in [-0.25, -0.2) is 9.36 Å². The first-order chi connectivity index (χ1) is 6.76. The maximum absolute atomic E-state index is 11.0. The number of carbonyl (C=O) groups is 1. The maximum Gasteiger partial charge on any atom is 0.527 e. The average molecular weight is 259 g/mol. The average Bonchev–Trinajstić information content (AvgIpc) is 2.10. The van der Waals surface area contributed by atoms with Crippen molar-refractivity contribution in [3.05, 3.63) is 11.6 Å². The Hall–Kier alpha value is -0.390. The smallest absolute Gasteiger partial charge is 0.392 e. The Morgan fingerprint density at radius 1 is 1.60 bits per heavy atom. The third-order valence-electron chi connectivity index (χ3n) is 1.40. The number of hydrogen-bond acceptors (Lipinski definition) is 4. The fraction of sp³-hybridized carbons (Fsp3) is 0.571. The van der Waals surface area contributed by atoms with Gasteiger partial charge in [0.15, 0.2) is 0 Å². The lowest BCUT2D eigenvalue weighted by Crippen LogP contribution is -2.08. The summed E-state index contributed by atoms with van der Waals surface area (Å²) in [5.41, 5.74) is 0.00231. The number of rotatable bonds is 5. The molecule has 6 nitrogen and oxygen atoms in total. The number of halogens is 1. The number of phosphoric acid groups is 1. The highest BCUT2D eigenvalue weighted by atomic mass is 35.5. The van der Waals surface area contributed by atoms with Gasteiger partial charge in [0.05, 0.1) is 6.10 Å². The van der Waals surface area contributed by atoms with E-state index < -0.39 is 19.9 Å². The maximum atomic E-state index is 11.0. The minimum absolute atomic E-state index is 0.00231. The molecule has 0 aliphatic carbocycles. The zero-order valence-electron chi connectivity index (χ0n) is 7.96. The normalized spacial score (nSPS) is 14.9. The van der Waals surface area contributed by atoms with Gasteiger partial charge in [0.1, 0.15) is 0 Å². The molecule has 0 bridgehead atoms. The van der Waals surface area contributed by atoms with Crippen molar-refractivity contribution in [2.24, 2.45) is 0 Å². The third-order valence-corrected chi connectivity index (χ3v) is 2.16. The molecule has 0 radical (unpaired) electrons. The Balaban J connectivity index is 4.26. The molecule has 1 atom stereocenters. The number of hydrogen-bond donors (Lipinski definition) is 3. The van der Waals surface area contributed by atoms with Crippen molar-refractivity contribution >= 4 is 25.4 Å². The van der Waals surface area contributed by atoms with Crippen molar-refractivity contribution in [3.8, 4) is 0 Å². The summed E-state index contributed by atoms with van der Waals surface area (Å²) in [6.45, 7) is 1.32. The molecule has 8 heteroatoms. The monoisotopic (exact) mass is 258 g/mol. The van der Waals surface area contributed by atoms with Crippen LogP contribution >= 0.6 is 19.4 Å². The van der Waals surface area contributed by atoms with Crippen molar-refractivity contribution in [2.75, 3.05) is 5.88 Å². The second-order valence-corrected chi connectivity index (χ2v) is 4.27. The van der Waals surface area contributed by atoms with Gasteiger partial charge in [0.25, 0.3) is 0 Å². The summed E-state index contributed by atoms with van der Waals surface area (Å²) in [5, 5.41) is 9.04. The summed E-state index contributed by atoms with van der Waals surface area (Å²) >= 11 is 5.30. The van der Waals surface area contributed by atoms with E-state index in [1.807, 2.05) is 0 Å². The molecule has 88 valence electrons. The highest BCUT2D eigenvalue weighted by Gasteiger charge is 2.21. The number of carbonyl (C=O) groups excluding carboxylic acids is 1. The van der Waals surface area contributed by atoms with Crippen molar-refractivity contribution in [3.63, 3.8) is 0 Å². The highest BCUT2D eigenvalue weighted by molar-refractivity contribution is 7.46.